The van der Waals surface area contributed by atoms with Gasteiger partial charge in [0.05, 0.1) is 11.1 Å². The molecule has 0 unspecified atom stereocenters. The number of alkyl halides is 3. The van der Waals surface area contributed by atoms with Gasteiger partial charge in [0, 0.05) is 22.2 Å². The monoisotopic (exact) mass is 372 g/mol. The number of hydrogen-bond acceptors (Lipinski definition) is 2. The highest BCUT2D eigenvalue weighted by molar-refractivity contribution is 6.05. The summed E-state index contributed by atoms with van der Waals surface area (Å²) in [4.78, 5) is 27.3. The molecule has 0 bridgehead atoms. The summed E-state index contributed by atoms with van der Waals surface area (Å²) in [6.07, 6.45) is -1.98. The van der Waals surface area contributed by atoms with Crippen molar-refractivity contribution in [3.8, 4) is 0 Å². The van der Waals surface area contributed by atoms with E-state index >= 15 is 0 Å². The van der Waals surface area contributed by atoms with E-state index in [9.17, 15) is 22.8 Å². The molecule has 1 amide bonds. The van der Waals surface area contributed by atoms with E-state index in [0.717, 1.165) is 47.9 Å². The van der Waals surface area contributed by atoms with Crippen molar-refractivity contribution in [2.45, 2.75) is 25.4 Å². The van der Waals surface area contributed by atoms with Crippen LogP contribution in [0.5, 0.6) is 0 Å². The Kier molecular flexibility index (Phi) is 4.02. The zero-order chi connectivity index (χ0) is 19.2. The second-order valence-corrected chi connectivity index (χ2v) is 6.56. The molecule has 7 heteroatoms. The number of anilines is 1. The fourth-order valence-electron chi connectivity index (χ4n) is 3.52. The minimum atomic E-state index is -4.51. The standard InChI is InChI=1S/C20H15F3N2O2/c21-20(22,23)12-4-1-3-11(9-12)18(26)24-13-7-8-15-14-5-2-6-16(14)19(27)25-17(15)10-13/h1,3-4,7-10H,2,5-6H2,(H,24,26)(H,25,27). The van der Waals surface area contributed by atoms with Crippen LogP contribution in [0.1, 0.15) is 33.5 Å². The summed E-state index contributed by atoms with van der Waals surface area (Å²) in [7, 11) is 0. The van der Waals surface area contributed by atoms with E-state index in [0.29, 0.717) is 11.2 Å². The van der Waals surface area contributed by atoms with Gasteiger partial charge >= 0.3 is 6.18 Å². The van der Waals surface area contributed by atoms with Crippen molar-refractivity contribution in [1.82, 2.24) is 4.98 Å². The number of H-pyrrole nitrogens is 1. The van der Waals surface area contributed by atoms with E-state index in [-0.39, 0.29) is 11.1 Å². The van der Waals surface area contributed by atoms with Gasteiger partial charge in [0.1, 0.15) is 0 Å². The molecule has 4 nitrogen and oxygen atoms in total. The number of benzene rings is 2. The average molecular weight is 372 g/mol. The van der Waals surface area contributed by atoms with Gasteiger partial charge in [0.25, 0.3) is 11.5 Å². The number of halogens is 3. The summed E-state index contributed by atoms with van der Waals surface area (Å²) < 4.78 is 38.4. The number of carbonyl (C=O) groups is 1. The third-order valence-electron chi connectivity index (χ3n) is 4.79. The Hall–Kier alpha value is -3.09. The number of hydrogen-bond donors (Lipinski definition) is 2. The fraction of sp³-hybridized carbons (Fsp3) is 0.200. The number of carbonyl (C=O) groups excluding carboxylic acids is 1. The Morgan fingerprint density at radius 3 is 2.59 bits per heavy atom. The molecule has 2 aromatic carbocycles. The maximum atomic E-state index is 12.8. The molecule has 1 aliphatic carbocycles. The molecule has 3 aromatic rings. The molecule has 0 radical (unpaired) electrons. The molecule has 0 saturated heterocycles. The van der Waals surface area contributed by atoms with Gasteiger partial charge in [0.15, 0.2) is 0 Å². The van der Waals surface area contributed by atoms with Gasteiger partial charge in [0.2, 0.25) is 0 Å². The molecule has 27 heavy (non-hydrogen) atoms. The van der Waals surface area contributed by atoms with Crippen LogP contribution >= 0.6 is 0 Å². The van der Waals surface area contributed by atoms with Crippen molar-refractivity contribution in [1.29, 1.82) is 0 Å². The van der Waals surface area contributed by atoms with Crippen molar-refractivity contribution in [2.24, 2.45) is 0 Å². The van der Waals surface area contributed by atoms with Gasteiger partial charge in [-0.1, -0.05) is 12.1 Å². The van der Waals surface area contributed by atoms with Crippen LogP contribution < -0.4 is 10.9 Å². The van der Waals surface area contributed by atoms with Crippen LogP contribution in [0, 0.1) is 0 Å². The largest absolute Gasteiger partial charge is 0.416 e. The van der Waals surface area contributed by atoms with Crippen LogP contribution in [0.15, 0.2) is 47.3 Å². The molecule has 0 aliphatic heterocycles. The van der Waals surface area contributed by atoms with Crippen molar-refractivity contribution in [2.75, 3.05) is 5.32 Å². The quantitative estimate of drug-likeness (QED) is 0.705. The third kappa shape index (κ3) is 3.20. The van der Waals surface area contributed by atoms with Crippen LogP contribution in [0.2, 0.25) is 0 Å². The fourth-order valence-corrected chi connectivity index (χ4v) is 3.52. The maximum Gasteiger partial charge on any atom is 0.416 e. The topological polar surface area (TPSA) is 62.0 Å². The van der Waals surface area contributed by atoms with Crippen molar-refractivity contribution in [3.05, 3.63) is 75.1 Å². The van der Waals surface area contributed by atoms with Crippen LogP contribution in [0.25, 0.3) is 10.9 Å². The molecule has 4 rings (SSSR count). The van der Waals surface area contributed by atoms with Gasteiger partial charge in [-0.15, -0.1) is 0 Å². The highest BCUT2D eigenvalue weighted by Crippen LogP contribution is 2.30. The molecule has 1 heterocycles. The molecule has 1 aromatic heterocycles. The number of aryl methyl sites for hydroxylation is 1. The second-order valence-electron chi connectivity index (χ2n) is 6.56. The smallest absolute Gasteiger partial charge is 0.322 e. The van der Waals surface area contributed by atoms with Gasteiger partial charge in [-0.05, 0) is 55.2 Å². The van der Waals surface area contributed by atoms with Gasteiger partial charge < -0.3 is 10.3 Å². The number of pyridine rings is 1. The summed E-state index contributed by atoms with van der Waals surface area (Å²) in [6.45, 7) is 0. The minimum Gasteiger partial charge on any atom is -0.322 e. The second kappa shape index (κ2) is 6.26. The zero-order valence-corrected chi connectivity index (χ0v) is 14.1. The van der Waals surface area contributed by atoms with Gasteiger partial charge in [-0.3, -0.25) is 9.59 Å². The van der Waals surface area contributed by atoms with Gasteiger partial charge in [-0.2, -0.15) is 13.2 Å². The van der Waals surface area contributed by atoms with E-state index in [1.165, 1.54) is 12.1 Å². The lowest BCUT2D eigenvalue weighted by Crippen LogP contribution is -2.15. The first-order valence-electron chi connectivity index (χ1n) is 8.49. The summed E-state index contributed by atoms with van der Waals surface area (Å²) in [5.74, 6) is -0.649. The first-order chi connectivity index (χ1) is 12.8. The van der Waals surface area contributed by atoms with Crippen LogP contribution in [-0.2, 0) is 19.0 Å². The van der Waals surface area contributed by atoms with E-state index in [1.807, 2.05) is 6.07 Å². The Labute approximate surface area is 152 Å². The molecule has 138 valence electrons. The predicted octanol–water partition coefficient (Wildman–Crippen LogP) is 4.29. The molecule has 0 fully saturated rings. The third-order valence-corrected chi connectivity index (χ3v) is 4.79. The molecule has 0 spiro atoms. The first-order valence-corrected chi connectivity index (χ1v) is 8.49. The van der Waals surface area contributed by atoms with Crippen molar-refractivity contribution < 1.29 is 18.0 Å². The van der Waals surface area contributed by atoms with Crippen LogP contribution in [0.3, 0.4) is 0 Å². The average Bonchev–Trinajstić information content (AvgIpc) is 3.11. The Balaban J connectivity index is 1.65. The van der Waals surface area contributed by atoms with E-state index in [2.05, 4.69) is 10.3 Å². The van der Waals surface area contributed by atoms with Crippen LogP contribution in [-0.4, -0.2) is 10.9 Å². The number of nitrogens with one attached hydrogen (secondary N) is 2. The number of rotatable bonds is 2. The summed E-state index contributed by atoms with van der Waals surface area (Å²) in [5.41, 5.74) is 1.74. The summed E-state index contributed by atoms with van der Waals surface area (Å²) in [5, 5.41) is 3.52. The minimum absolute atomic E-state index is 0.0904. The van der Waals surface area contributed by atoms with E-state index < -0.39 is 17.6 Å². The number of fused-ring (bicyclic) bond motifs is 3. The highest BCUT2D eigenvalue weighted by Gasteiger charge is 2.30. The maximum absolute atomic E-state index is 12.8. The summed E-state index contributed by atoms with van der Waals surface area (Å²) in [6, 6.07) is 9.37. The number of aromatic amines is 1. The zero-order valence-electron chi connectivity index (χ0n) is 14.1. The summed E-state index contributed by atoms with van der Waals surface area (Å²) >= 11 is 0. The lowest BCUT2D eigenvalue weighted by Gasteiger charge is -2.11. The molecule has 1 aliphatic rings. The predicted molar refractivity (Wildman–Crippen MR) is 96.0 cm³/mol. The molecule has 2 N–H and O–H groups in total. The molecule has 0 atom stereocenters. The lowest BCUT2D eigenvalue weighted by molar-refractivity contribution is -0.137. The molecular weight excluding hydrogens is 357 g/mol. The number of amides is 1. The Bertz CT molecular complexity index is 1120. The molecule has 0 saturated carbocycles. The van der Waals surface area contributed by atoms with Gasteiger partial charge in [-0.25, -0.2) is 0 Å². The van der Waals surface area contributed by atoms with E-state index in [1.54, 1.807) is 12.1 Å². The lowest BCUT2D eigenvalue weighted by atomic mass is 10.0. The van der Waals surface area contributed by atoms with Crippen LogP contribution in [0.4, 0.5) is 18.9 Å². The van der Waals surface area contributed by atoms with Crippen molar-refractivity contribution in [3.63, 3.8) is 0 Å². The Morgan fingerprint density at radius 1 is 1.04 bits per heavy atom. The first kappa shape index (κ1) is 17.3. The Morgan fingerprint density at radius 2 is 1.81 bits per heavy atom. The van der Waals surface area contributed by atoms with E-state index in [4.69, 9.17) is 0 Å². The molecular formula is C20H15F3N2O2. The number of aromatic nitrogens is 1. The SMILES string of the molecule is O=C(Nc1ccc2c3c(c(=O)[nH]c2c1)CCC3)c1cccc(C(F)(F)F)c1. The highest BCUT2D eigenvalue weighted by atomic mass is 19.4. The van der Waals surface area contributed by atoms with Crippen molar-refractivity contribution >= 4 is 22.5 Å². The normalized spacial score (nSPS) is 13.6.